The van der Waals surface area contributed by atoms with Crippen LogP contribution in [0.25, 0.3) is 0 Å². The lowest BCUT2D eigenvalue weighted by Crippen LogP contribution is -2.12. The quantitative estimate of drug-likeness (QED) is 0.810. The zero-order valence-corrected chi connectivity index (χ0v) is 9.44. The molecule has 0 bridgehead atoms. The average molecular weight is 209 g/mol. The summed E-state index contributed by atoms with van der Waals surface area (Å²) in [5.41, 5.74) is 1.25. The summed E-state index contributed by atoms with van der Waals surface area (Å²) in [5, 5.41) is 7.58. The van der Waals surface area contributed by atoms with Crippen molar-refractivity contribution in [3.63, 3.8) is 0 Å². The van der Waals surface area contributed by atoms with Crippen LogP contribution in [0.2, 0.25) is 0 Å². The van der Waals surface area contributed by atoms with Crippen LogP contribution in [0.4, 0.5) is 0 Å². The molecule has 1 aliphatic rings. The van der Waals surface area contributed by atoms with Crippen molar-refractivity contribution in [3.8, 4) is 0 Å². The number of ether oxygens (including phenoxy) is 1. The van der Waals surface area contributed by atoms with Crippen LogP contribution < -0.4 is 5.32 Å². The zero-order valence-electron chi connectivity index (χ0n) is 9.44. The molecule has 1 aromatic heterocycles. The van der Waals surface area contributed by atoms with E-state index in [1.807, 2.05) is 17.9 Å². The number of nitrogens with one attached hydrogen (secondary N) is 1. The molecule has 2 unspecified atom stereocenters. The molecule has 4 nitrogen and oxygen atoms in total. The summed E-state index contributed by atoms with van der Waals surface area (Å²) in [6.45, 7) is 4.92. The third-order valence-electron chi connectivity index (χ3n) is 3.06. The second-order valence-corrected chi connectivity index (χ2v) is 4.24. The van der Waals surface area contributed by atoms with Crippen molar-refractivity contribution >= 4 is 0 Å². The summed E-state index contributed by atoms with van der Waals surface area (Å²) < 4.78 is 7.38. The van der Waals surface area contributed by atoms with Crippen molar-refractivity contribution in [1.82, 2.24) is 15.1 Å². The van der Waals surface area contributed by atoms with Gasteiger partial charge in [-0.15, -0.1) is 0 Å². The van der Waals surface area contributed by atoms with E-state index >= 15 is 0 Å². The molecule has 0 spiro atoms. The fraction of sp³-hybridized carbons (Fsp3) is 0.727. The van der Waals surface area contributed by atoms with Gasteiger partial charge in [0.1, 0.15) is 0 Å². The van der Waals surface area contributed by atoms with Crippen molar-refractivity contribution in [2.45, 2.75) is 25.9 Å². The molecule has 4 heteroatoms. The first kappa shape index (κ1) is 10.6. The number of hydrogen-bond donors (Lipinski definition) is 1. The highest BCUT2D eigenvalue weighted by atomic mass is 16.5. The number of nitrogens with zero attached hydrogens (tertiary/aromatic N) is 2. The first-order valence-electron chi connectivity index (χ1n) is 5.57. The molecule has 1 aromatic rings. The largest absolute Gasteiger partial charge is 0.381 e. The Balaban J connectivity index is 1.94. The van der Waals surface area contributed by atoms with Crippen LogP contribution in [0.5, 0.6) is 0 Å². The van der Waals surface area contributed by atoms with Crippen LogP contribution in [0, 0.1) is 5.92 Å². The molecule has 0 amide bonds. The highest BCUT2D eigenvalue weighted by molar-refractivity contribution is 5.08. The highest BCUT2D eigenvalue weighted by Crippen LogP contribution is 2.16. The summed E-state index contributed by atoms with van der Waals surface area (Å²) in [5.74, 6) is 0.641. The SMILES string of the molecule is CNC(C)c1cnn(CC2CCOC2)c1. The van der Waals surface area contributed by atoms with E-state index < -0.39 is 0 Å². The minimum atomic E-state index is 0.374. The normalized spacial score (nSPS) is 23.2. The second kappa shape index (κ2) is 4.77. The zero-order chi connectivity index (χ0) is 10.7. The Morgan fingerprint density at radius 3 is 3.27 bits per heavy atom. The van der Waals surface area contributed by atoms with Gasteiger partial charge in [0.15, 0.2) is 0 Å². The van der Waals surface area contributed by atoms with Crippen molar-refractivity contribution < 1.29 is 4.74 Å². The molecule has 0 aliphatic carbocycles. The van der Waals surface area contributed by atoms with Crippen molar-refractivity contribution in [3.05, 3.63) is 18.0 Å². The van der Waals surface area contributed by atoms with E-state index in [0.29, 0.717) is 12.0 Å². The maximum absolute atomic E-state index is 5.35. The molecular formula is C11H19N3O. The highest BCUT2D eigenvalue weighted by Gasteiger charge is 2.16. The molecule has 1 aliphatic heterocycles. The molecule has 2 atom stereocenters. The van der Waals surface area contributed by atoms with Crippen LogP contribution in [0.3, 0.4) is 0 Å². The lowest BCUT2D eigenvalue weighted by atomic mass is 10.1. The van der Waals surface area contributed by atoms with Gasteiger partial charge in [0, 0.05) is 36.9 Å². The van der Waals surface area contributed by atoms with Gasteiger partial charge in [-0.25, -0.2) is 0 Å². The molecule has 1 fully saturated rings. The Morgan fingerprint density at radius 1 is 1.73 bits per heavy atom. The summed E-state index contributed by atoms with van der Waals surface area (Å²) in [6, 6.07) is 0.374. The Hall–Kier alpha value is -0.870. The number of hydrogen-bond acceptors (Lipinski definition) is 3. The fourth-order valence-electron chi connectivity index (χ4n) is 1.86. The molecule has 0 radical (unpaired) electrons. The van der Waals surface area contributed by atoms with Crippen molar-refractivity contribution in [2.24, 2.45) is 5.92 Å². The van der Waals surface area contributed by atoms with Gasteiger partial charge >= 0.3 is 0 Å². The minimum absolute atomic E-state index is 0.374. The molecular weight excluding hydrogens is 190 g/mol. The van der Waals surface area contributed by atoms with Gasteiger partial charge in [0.25, 0.3) is 0 Å². The van der Waals surface area contributed by atoms with Gasteiger partial charge in [-0.2, -0.15) is 5.10 Å². The molecule has 84 valence electrons. The third-order valence-corrected chi connectivity index (χ3v) is 3.06. The van der Waals surface area contributed by atoms with Crippen LogP contribution >= 0.6 is 0 Å². The first-order chi connectivity index (χ1) is 7.29. The van der Waals surface area contributed by atoms with Gasteiger partial charge < -0.3 is 10.1 Å². The lowest BCUT2D eigenvalue weighted by Gasteiger charge is -2.08. The summed E-state index contributed by atoms with van der Waals surface area (Å²) >= 11 is 0. The molecule has 0 saturated carbocycles. The first-order valence-corrected chi connectivity index (χ1v) is 5.57. The summed E-state index contributed by atoms with van der Waals surface area (Å²) in [7, 11) is 1.97. The Kier molecular flexibility index (Phi) is 3.38. The number of rotatable bonds is 4. The van der Waals surface area contributed by atoms with E-state index in [2.05, 4.69) is 23.5 Å². The van der Waals surface area contributed by atoms with E-state index in [9.17, 15) is 0 Å². The molecule has 15 heavy (non-hydrogen) atoms. The van der Waals surface area contributed by atoms with Crippen LogP contribution in [-0.2, 0) is 11.3 Å². The average Bonchev–Trinajstić information content (AvgIpc) is 2.88. The van der Waals surface area contributed by atoms with Crippen LogP contribution in [-0.4, -0.2) is 30.0 Å². The Morgan fingerprint density at radius 2 is 2.60 bits per heavy atom. The molecule has 1 saturated heterocycles. The predicted molar refractivity (Wildman–Crippen MR) is 58.6 cm³/mol. The smallest absolute Gasteiger partial charge is 0.0537 e. The standard InChI is InChI=1S/C11H19N3O/c1-9(12-2)11-5-13-14(7-11)6-10-3-4-15-8-10/h5,7,9-10,12H,3-4,6,8H2,1-2H3. The van der Waals surface area contributed by atoms with Crippen LogP contribution in [0.1, 0.15) is 24.9 Å². The fourth-order valence-corrected chi connectivity index (χ4v) is 1.86. The Labute approximate surface area is 90.6 Å². The van der Waals surface area contributed by atoms with E-state index in [1.165, 1.54) is 5.56 Å². The lowest BCUT2D eigenvalue weighted by molar-refractivity contribution is 0.181. The van der Waals surface area contributed by atoms with Gasteiger partial charge in [0.2, 0.25) is 0 Å². The number of aromatic nitrogens is 2. The minimum Gasteiger partial charge on any atom is -0.381 e. The monoisotopic (exact) mass is 209 g/mol. The molecule has 0 aromatic carbocycles. The van der Waals surface area contributed by atoms with E-state index in [0.717, 1.165) is 26.2 Å². The van der Waals surface area contributed by atoms with E-state index in [-0.39, 0.29) is 0 Å². The van der Waals surface area contributed by atoms with Gasteiger partial charge in [-0.1, -0.05) is 0 Å². The van der Waals surface area contributed by atoms with Gasteiger partial charge in [-0.05, 0) is 20.4 Å². The maximum atomic E-state index is 5.35. The predicted octanol–water partition coefficient (Wildman–Crippen LogP) is 1.20. The molecule has 2 heterocycles. The molecule has 1 N–H and O–H groups in total. The Bertz CT molecular complexity index is 305. The van der Waals surface area contributed by atoms with Crippen molar-refractivity contribution in [1.29, 1.82) is 0 Å². The van der Waals surface area contributed by atoms with E-state index in [1.54, 1.807) is 0 Å². The van der Waals surface area contributed by atoms with Crippen LogP contribution in [0.15, 0.2) is 12.4 Å². The topological polar surface area (TPSA) is 39.1 Å². The molecule has 2 rings (SSSR count). The second-order valence-electron chi connectivity index (χ2n) is 4.24. The summed E-state index contributed by atoms with van der Waals surface area (Å²) in [6.07, 6.45) is 5.23. The van der Waals surface area contributed by atoms with E-state index in [4.69, 9.17) is 4.74 Å². The van der Waals surface area contributed by atoms with Crippen molar-refractivity contribution in [2.75, 3.05) is 20.3 Å². The summed E-state index contributed by atoms with van der Waals surface area (Å²) in [4.78, 5) is 0. The van der Waals surface area contributed by atoms with Gasteiger partial charge in [0.05, 0.1) is 12.8 Å². The third kappa shape index (κ3) is 2.58. The van der Waals surface area contributed by atoms with Gasteiger partial charge in [-0.3, -0.25) is 4.68 Å². The maximum Gasteiger partial charge on any atom is 0.0537 e.